The highest BCUT2D eigenvalue weighted by Gasteiger charge is 2.16. The monoisotopic (exact) mass is 550 g/mol. The molecule has 0 amide bonds. The minimum atomic E-state index is -3.13. The second kappa shape index (κ2) is 14.2. The molecule has 0 aliphatic carbocycles. The summed E-state index contributed by atoms with van der Waals surface area (Å²) in [5.74, 6) is 0.853. The molecule has 1 atom stereocenters. The van der Waals surface area contributed by atoms with Gasteiger partial charge in [-0.2, -0.15) is 0 Å². The van der Waals surface area contributed by atoms with Crippen molar-refractivity contribution < 1.29 is 8.42 Å². The van der Waals surface area contributed by atoms with Crippen LogP contribution in [0.4, 0.5) is 0 Å². The number of aliphatic imine (C=N–C) groups is 1. The number of nitrogens with zero attached hydrogens (tertiary/aromatic N) is 2. The zero-order chi connectivity index (χ0) is 21.1. The van der Waals surface area contributed by atoms with Gasteiger partial charge in [0.05, 0.1) is 4.90 Å². The molecule has 1 unspecified atom stereocenters. The van der Waals surface area contributed by atoms with Crippen molar-refractivity contribution in [3.8, 4) is 0 Å². The van der Waals surface area contributed by atoms with Gasteiger partial charge in [0.15, 0.2) is 15.8 Å². The average molecular weight is 551 g/mol. The van der Waals surface area contributed by atoms with Crippen LogP contribution in [0.15, 0.2) is 34.2 Å². The maximum atomic E-state index is 11.5. The Kier molecular flexibility index (Phi) is 12.9. The van der Waals surface area contributed by atoms with Gasteiger partial charge >= 0.3 is 0 Å². The summed E-state index contributed by atoms with van der Waals surface area (Å²) in [6, 6.07) is 7.84. The van der Waals surface area contributed by atoms with Gasteiger partial charge in [-0.1, -0.05) is 18.6 Å². The first kappa shape index (κ1) is 27.2. The highest BCUT2D eigenvalue weighted by atomic mass is 127. The molecule has 1 aromatic rings. The Balaban J connectivity index is 0.00000450. The molecule has 1 heterocycles. The van der Waals surface area contributed by atoms with Crippen LogP contribution >= 0.6 is 24.0 Å². The number of benzene rings is 1. The van der Waals surface area contributed by atoms with E-state index in [1.807, 2.05) is 12.1 Å². The number of piperidine rings is 1. The van der Waals surface area contributed by atoms with Gasteiger partial charge in [-0.05, 0) is 76.7 Å². The summed E-state index contributed by atoms with van der Waals surface area (Å²) in [6.45, 7) is 9.28. The highest BCUT2D eigenvalue weighted by Crippen LogP contribution is 2.16. The maximum absolute atomic E-state index is 11.5. The molecule has 30 heavy (non-hydrogen) atoms. The average Bonchev–Trinajstić information content (AvgIpc) is 2.69. The molecule has 6 nitrogen and oxygen atoms in total. The molecule has 1 saturated heterocycles. The van der Waals surface area contributed by atoms with Crippen molar-refractivity contribution in [3.05, 3.63) is 29.8 Å². The topological polar surface area (TPSA) is 73.8 Å². The number of hydrogen-bond donors (Lipinski definition) is 2. The van der Waals surface area contributed by atoms with E-state index in [1.165, 1.54) is 45.0 Å². The number of guanidine groups is 1. The summed E-state index contributed by atoms with van der Waals surface area (Å²) in [5.41, 5.74) is 1.11. The summed E-state index contributed by atoms with van der Waals surface area (Å²) in [5, 5.41) is 6.67. The first-order valence-electron chi connectivity index (χ1n) is 11.0. The third kappa shape index (κ3) is 9.96. The fraction of sp³-hybridized carbons (Fsp3) is 0.682. The van der Waals surface area contributed by atoms with Crippen molar-refractivity contribution in [2.24, 2.45) is 4.99 Å². The third-order valence-electron chi connectivity index (χ3n) is 5.47. The second-order valence-electron chi connectivity index (χ2n) is 7.94. The maximum Gasteiger partial charge on any atom is 0.191 e. The van der Waals surface area contributed by atoms with Crippen molar-refractivity contribution in [1.29, 1.82) is 0 Å². The number of halogens is 1. The predicted octanol–water partition coefficient (Wildman–Crippen LogP) is 3.46. The predicted molar refractivity (Wildman–Crippen MR) is 137 cm³/mol. The van der Waals surface area contributed by atoms with Crippen molar-refractivity contribution in [1.82, 2.24) is 15.5 Å². The third-order valence-corrected chi connectivity index (χ3v) is 6.59. The van der Waals surface area contributed by atoms with Crippen LogP contribution in [0.25, 0.3) is 0 Å². The van der Waals surface area contributed by atoms with Crippen LogP contribution < -0.4 is 10.6 Å². The van der Waals surface area contributed by atoms with E-state index in [9.17, 15) is 8.42 Å². The van der Waals surface area contributed by atoms with Gasteiger partial charge < -0.3 is 15.5 Å². The molecule has 0 bridgehead atoms. The lowest BCUT2D eigenvalue weighted by Gasteiger charge is -2.33. The number of nitrogens with one attached hydrogen (secondary N) is 2. The minimum absolute atomic E-state index is 0. The van der Waals surface area contributed by atoms with Crippen LogP contribution in [0.1, 0.15) is 51.5 Å². The van der Waals surface area contributed by atoms with Gasteiger partial charge in [0.2, 0.25) is 0 Å². The van der Waals surface area contributed by atoms with Crippen molar-refractivity contribution in [3.63, 3.8) is 0 Å². The number of sulfone groups is 1. The highest BCUT2D eigenvalue weighted by molar-refractivity contribution is 14.0. The van der Waals surface area contributed by atoms with Gasteiger partial charge in [0.1, 0.15) is 0 Å². The molecular weight excluding hydrogens is 511 g/mol. The van der Waals surface area contributed by atoms with Gasteiger partial charge in [0.25, 0.3) is 0 Å². The molecule has 2 N–H and O–H groups in total. The fourth-order valence-electron chi connectivity index (χ4n) is 3.68. The largest absolute Gasteiger partial charge is 0.357 e. The van der Waals surface area contributed by atoms with Gasteiger partial charge in [-0.3, -0.25) is 4.99 Å². The van der Waals surface area contributed by atoms with Gasteiger partial charge in [-0.15, -0.1) is 24.0 Å². The van der Waals surface area contributed by atoms with Crippen molar-refractivity contribution >= 4 is 39.8 Å². The lowest BCUT2D eigenvalue weighted by molar-refractivity contribution is 0.158. The molecule has 8 heteroatoms. The van der Waals surface area contributed by atoms with Gasteiger partial charge in [-0.25, -0.2) is 8.42 Å². The number of hydrogen-bond acceptors (Lipinski definition) is 4. The second-order valence-corrected chi connectivity index (χ2v) is 9.96. The van der Waals surface area contributed by atoms with E-state index >= 15 is 0 Å². The molecular formula is C22H39IN4O2S. The number of likely N-dealkylation sites (tertiary alicyclic amines) is 1. The molecule has 1 aromatic carbocycles. The zero-order valence-corrected chi connectivity index (χ0v) is 21.8. The van der Waals surface area contributed by atoms with E-state index in [2.05, 4.69) is 34.4 Å². The molecule has 0 radical (unpaired) electrons. The first-order valence-corrected chi connectivity index (χ1v) is 12.8. The van der Waals surface area contributed by atoms with Crippen LogP contribution in [0.5, 0.6) is 0 Å². The lowest BCUT2D eigenvalue weighted by atomic mass is 10.0. The Bertz CT molecular complexity index is 738. The Morgan fingerprint density at radius 3 is 2.53 bits per heavy atom. The number of unbranched alkanes of at least 4 members (excludes halogenated alkanes) is 1. The van der Waals surface area contributed by atoms with E-state index in [4.69, 9.17) is 0 Å². The fourth-order valence-corrected chi connectivity index (χ4v) is 4.31. The molecule has 1 fully saturated rings. The van der Waals surface area contributed by atoms with E-state index < -0.39 is 9.84 Å². The molecule has 2 rings (SSSR count). The summed E-state index contributed by atoms with van der Waals surface area (Å²) < 4.78 is 23.1. The Morgan fingerprint density at radius 1 is 1.17 bits per heavy atom. The summed E-state index contributed by atoms with van der Waals surface area (Å²) in [4.78, 5) is 7.67. The van der Waals surface area contributed by atoms with Crippen LogP contribution in [0, 0.1) is 0 Å². The zero-order valence-electron chi connectivity index (χ0n) is 18.7. The molecule has 0 saturated carbocycles. The molecule has 0 spiro atoms. The molecule has 0 aromatic heterocycles. The van der Waals surface area contributed by atoms with Crippen molar-refractivity contribution in [2.45, 2.75) is 63.3 Å². The standard InChI is InChI=1S/C22H38N4O2S.HI/c1-4-23-22(24-15-6-8-18-26-17-7-5-9-19(26)2)25-16-14-20-10-12-21(13-11-20)29(3,27)28;/h10-13,19H,4-9,14-18H2,1-3H3,(H2,23,24,25);1H. The Morgan fingerprint density at radius 2 is 1.90 bits per heavy atom. The molecule has 1 aliphatic rings. The quantitative estimate of drug-likeness (QED) is 0.202. The molecule has 172 valence electrons. The van der Waals surface area contributed by atoms with Crippen molar-refractivity contribution in [2.75, 3.05) is 39.0 Å². The van der Waals surface area contributed by atoms with E-state index in [0.717, 1.165) is 50.0 Å². The number of rotatable bonds is 10. The van der Waals surface area contributed by atoms with E-state index in [-0.39, 0.29) is 24.0 Å². The first-order chi connectivity index (χ1) is 13.9. The SMILES string of the molecule is CCNC(=NCCCCN1CCCCC1C)NCCc1ccc(S(C)(=O)=O)cc1.I. The van der Waals surface area contributed by atoms with Crippen LogP contribution in [-0.2, 0) is 16.3 Å². The van der Waals surface area contributed by atoms with E-state index in [0.29, 0.717) is 4.90 Å². The van der Waals surface area contributed by atoms with Gasteiger partial charge in [0, 0.05) is 31.9 Å². The minimum Gasteiger partial charge on any atom is -0.357 e. The Labute approximate surface area is 200 Å². The summed E-state index contributed by atoms with van der Waals surface area (Å²) in [7, 11) is -3.13. The lowest BCUT2D eigenvalue weighted by Crippen LogP contribution is -2.38. The Hall–Kier alpha value is -0.870. The van der Waals surface area contributed by atoms with Crippen LogP contribution in [-0.4, -0.2) is 64.3 Å². The smallest absolute Gasteiger partial charge is 0.191 e. The molecule has 1 aliphatic heterocycles. The normalized spacial score (nSPS) is 18.0. The van der Waals surface area contributed by atoms with Crippen LogP contribution in [0.3, 0.4) is 0 Å². The van der Waals surface area contributed by atoms with Crippen LogP contribution in [0.2, 0.25) is 0 Å². The van der Waals surface area contributed by atoms with E-state index in [1.54, 1.807) is 12.1 Å². The summed E-state index contributed by atoms with van der Waals surface area (Å²) in [6.07, 6.45) is 8.41. The summed E-state index contributed by atoms with van der Waals surface area (Å²) >= 11 is 0.